The highest BCUT2D eigenvalue weighted by molar-refractivity contribution is 5.33. The van der Waals surface area contributed by atoms with Gasteiger partial charge in [0.2, 0.25) is 0 Å². The number of aliphatic hydroxyl groups is 1. The first kappa shape index (κ1) is 9.97. The molecule has 0 aromatic heterocycles. The topological polar surface area (TPSA) is 20.2 Å². The third-order valence-electron chi connectivity index (χ3n) is 4.37. The monoisotopic (exact) mass is 192 g/mol. The summed E-state index contributed by atoms with van der Waals surface area (Å²) in [5.41, 5.74) is 3.25. The van der Waals surface area contributed by atoms with E-state index in [0.29, 0.717) is 11.3 Å². The highest BCUT2D eigenvalue weighted by Gasteiger charge is 2.40. The number of hydrogen-bond donors (Lipinski definition) is 1. The van der Waals surface area contributed by atoms with Crippen molar-refractivity contribution in [3.05, 3.63) is 23.3 Å². The quantitative estimate of drug-likeness (QED) is 0.625. The van der Waals surface area contributed by atoms with Crippen molar-refractivity contribution in [2.45, 2.75) is 46.1 Å². The van der Waals surface area contributed by atoms with Crippen LogP contribution in [0.4, 0.5) is 0 Å². The molecule has 3 atom stereocenters. The fourth-order valence-corrected chi connectivity index (χ4v) is 2.85. The van der Waals surface area contributed by atoms with Gasteiger partial charge in [-0.15, -0.1) is 0 Å². The molecule has 0 radical (unpaired) electrons. The number of fused-ring (bicyclic) bond motifs is 1. The van der Waals surface area contributed by atoms with Crippen LogP contribution in [0, 0.1) is 11.3 Å². The molecule has 0 aromatic carbocycles. The summed E-state index contributed by atoms with van der Waals surface area (Å²) in [6, 6.07) is 0. The fourth-order valence-electron chi connectivity index (χ4n) is 2.85. The average Bonchev–Trinajstić information content (AvgIpc) is 2.16. The Morgan fingerprint density at radius 2 is 2.14 bits per heavy atom. The Balaban J connectivity index is 2.34. The van der Waals surface area contributed by atoms with Gasteiger partial charge in [-0.2, -0.15) is 0 Å². The molecule has 2 rings (SSSR count). The first-order chi connectivity index (χ1) is 6.54. The Hall–Kier alpha value is -0.560. The molecule has 1 nitrogen and oxygen atoms in total. The van der Waals surface area contributed by atoms with Gasteiger partial charge >= 0.3 is 0 Å². The number of aliphatic hydroxyl groups excluding tert-OH is 1. The van der Waals surface area contributed by atoms with E-state index < -0.39 is 0 Å². The standard InChI is InChI=1S/C13H20O/c1-9-4-5-11-8-12(14)6-7-13(11,3)10(9)2/h4-5,10,12,14H,6-8H2,1-3H3/t10?,12-,13?/m0/s1. The molecule has 1 heteroatoms. The van der Waals surface area contributed by atoms with Crippen molar-refractivity contribution in [1.82, 2.24) is 0 Å². The first-order valence-electron chi connectivity index (χ1n) is 5.60. The highest BCUT2D eigenvalue weighted by atomic mass is 16.3. The number of allylic oxidation sites excluding steroid dienone is 3. The molecule has 0 aliphatic heterocycles. The summed E-state index contributed by atoms with van der Waals surface area (Å²) >= 11 is 0. The molecule has 0 saturated heterocycles. The van der Waals surface area contributed by atoms with E-state index in [1.807, 2.05) is 0 Å². The van der Waals surface area contributed by atoms with Gasteiger partial charge in [-0.1, -0.05) is 37.1 Å². The van der Waals surface area contributed by atoms with Crippen LogP contribution in [0.3, 0.4) is 0 Å². The molecule has 1 N–H and O–H groups in total. The fraction of sp³-hybridized carbons (Fsp3) is 0.692. The third-order valence-corrected chi connectivity index (χ3v) is 4.37. The van der Waals surface area contributed by atoms with Gasteiger partial charge < -0.3 is 5.11 Å². The summed E-state index contributed by atoms with van der Waals surface area (Å²) in [5, 5.41) is 9.65. The van der Waals surface area contributed by atoms with E-state index in [4.69, 9.17) is 0 Å². The van der Waals surface area contributed by atoms with Crippen molar-refractivity contribution in [3.63, 3.8) is 0 Å². The van der Waals surface area contributed by atoms with Crippen LogP contribution in [0.1, 0.15) is 40.0 Å². The van der Waals surface area contributed by atoms with E-state index in [0.717, 1.165) is 19.3 Å². The minimum absolute atomic E-state index is 0.103. The van der Waals surface area contributed by atoms with Gasteiger partial charge in [0, 0.05) is 0 Å². The van der Waals surface area contributed by atoms with E-state index in [1.165, 1.54) is 11.1 Å². The lowest BCUT2D eigenvalue weighted by molar-refractivity contribution is 0.0938. The molecule has 2 aliphatic carbocycles. The predicted molar refractivity (Wildman–Crippen MR) is 59.0 cm³/mol. The molecular weight excluding hydrogens is 172 g/mol. The summed E-state index contributed by atoms with van der Waals surface area (Å²) in [6.07, 6.45) is 7.33. The Kier molecular flexibility index (Phi) is 2.30. The molecule has 0 heterocycles. The van der Waals surface area contributed by atoms with E-state index >= 15 is 0 Å². The largest absolute Gasteiger partial charge is 0.393 e. The zero-order valence-corrected chi connectivity index (χ0v) is 9.38. The van der Waals surface area contributed by atoms with Crippen LogP contribution in [-0.2, 0) is 0 Å². The van der Waals surface area contributed by atoms with Crippen molar-refractivity contribution >= 4 is 0 Å². The zero-order chi connectivity index (χ0) is 10.3. The maximum atomic E-state index is 9.65. The molecule has 0 bridgehead atoms. The van der Waals surface area contributed by atoms with Crippen LogP contribution in [0.5, 0.6) is 0 Å². The smallest absolute Gasteiger partial charge is 0.0578 e. The van der Waals surface area contributed by atoms with Crippen LogP contribution in [0.25, 0.3) is 0 Å². The lowest BCUT2D eigenvalue weighted by Crippen LogP contribution is -2.36. The summed E-state index contributed by atoms with van der Waals surface area (Å²) in [5.74, 6) is 0.634. The Bertz CT molecular complexity index is 300. The van der Waals surface area contributed by atoms with E-state index in [1.54, 1.807) is 0 Å². The van der Waals surface area contributed by atoms with E-state index in [2.05, 4.69) is 32.9 Å². The Morgan fingerprint density at radius 1 is 1.43 bits per heavy atom. The van der Waals surface area contributed by atoms with Gasteiger partial charge in [-0.3, -0.25) is 0 Å². The number of hydrogen-bond acceptors (Lipinski definition) is 1. The van der Waals surface area contributed by atoms with E-state index in [-0.39, 0.29) is 6.10 Å². The summed E-state index contributed by atoms with van der Waals surface area (Å²) in [7, 11) is 0. The summed E-state index contributed by atoms with van der Waals surface area (Å²) in [4.78, 5) is 0. The minimum atomic E-state index is -0.103. The Labute approximate surface area is 86.5 Å². The van der Waals surface area contributed by atoms with Crippen LogP contribution < -0.4 is 0 Å². The van der Waals surface area contributed by atoms with Crippen LogP contribution >= 0.6 is 0 Å². The molecule has 0 aromatic rings. The second-order valence-electron chi connectivity index (χ2n) is 5.14. The van der Waals surface area contributed by atoms with Gasteiger partial charge in [-0.05, 0) is 37.5 Å². The Morgan fingerprint density at radius 3 is 2.86 bits per heavy atom. The molecule has 0 spiro atoms. The minimum Gasteiger partial charge on any atom is -0.393 e. The van der Waals surface area contributed by atoms with Crippen molar-refractivity contribution in [2.24, 2.45) is 11.3 Å². The van der Waals surface area contributed by atoms with Crippen molar-refractivity contribution < 1.29 is 5.11 Å². The zero-order valence-electron chi connectivity index (χ0n) is 9.38. The second kappa shape index (κ2) is 3.23. The van der Waals surface area contributed by atoms with E-state index in [9.17, 15) is 5.11 Å². The second-order valence-corrected chi connectivity index (χ2v) is 5.14. The van der Waals surface area contributed by atoms with Crippen LogP contribution in [0.2, 0.25) is 0 Å². The molecular formula is C13H20O. The molecule has 78 valence electrons. The maximum absolute atomic E-state index is 9.65. The average molecular weight is 192 g/mol. The first-order valence-corrected chi connectivity index (χ1v) is 5.60. The van der Waals surface area contributed by atoms with Gasteiger partial charge in [0.15, 0.2) is 0 Å². The van der Waals surface area contributed by atoms with Gasteiger partial charge in [0.1, 0.15) is 0 Å². The van der Waals surface area contributed by atoms with Crippen molar-refractivity contribution in [1.29, 1.82) is 0 Å². The SMILES string of the molecule is CC1=CC=C2C[C@@H](O)CCC2(C)C1C. The molecule has 1 fully saturated rings. The third kappa shape index (κ3) is 1.35. The molecule has 0 amide bonds. The summed E-state index contributed by atoms with van der Waals surface area (Å²) in [6.45, 7) is 6.89. The lowest BCUT2D eigenvalue weighted by atomic mass is 9.60. The lowest BCUT2D eigenvalue weighted by Gasteiger charge is -2.45. The van der Waals surface area contributed by atoms with Crippen molar-refractivity contribution in [3.8, 4) is 0 Å². The maximum Gasteiger partial charge on any atom is 0.0578 e. The molecule has 2 unspecified atom stereocenters. The van der Waals surface area contributed by atoms with Gasteiger partial charge in [-0.25, -0.2) is 0 Å². The van der Waals surface area contributed by atoms with Crippen LogP contribution in [-0.4, -0.2) is 11.2 Å². The normalized spacial score (nSPS) is 42.6. The van der Waals surface area contributed by atoms with Crippen molar-refractivity contribution in [2.75, 3.05) is 0 Å². The molecule has 1 saturated carbocycles. The summed E-state index contributed by atoms with van der Waals surface area (Å²) < 4.78 is 0. The predicted octanol–water partition coefficient (Wildman–Crippen LogP) is 3.06. The highest BCUT2D eigenvalue weighted by Crippen LogP contribution is 2.50. The van der Waals surface area contributed by atoms with Gasteiger partial charge in [0.25, 0.3) is 0 Å². The number of rotatable bonds is 0. The van der Waals surface area contributed by atoms with Crippen LogP contribution in [0.15, 0.2) is 23.3 Å². The molecule has 2 aliphatic rings. The van der Waals surface area contributed by atoms with Gasteiger partial charge in [0.05, 0.1) is 6.10 Å². The molecule has 14 heavy (non-hydrogen) atoms.